The molecule has 2 amide bonds. The summed E-state index contributed by atoms with van der Waals surface area (Å²) < 4.78 is 5.48. The number of hydrogen-bond donors (Lipinski definition) is 0. The number of ether oxygens (including phenoxy) is 1. The highest BCUT2D eigenvalue weighted by Gasteiger charge is 2.28. The van der Waals surface area contributed by atoms with Gasteiger partial charge >= 0.3 is 6.09 Å². The van der Waals surface area contributed by atoms with E-state index in [-0.39, 0.29) is 18.0 Å². The molecular weight excluding hydrogens is 378 g/mol. The Hall–Kier alpha value is -1.95. The Balaban J connectivity index is 2.21. The van der Waals surface area contributed by atoms with Crippen molar-refractivity contribution in [1.82, 2.24) is 9.80 Å². The number of carbonyl (C=O) groups excluding carboxylic acids is 2. The third kappa shape index (κ3) is 5.31. The van der Waals surface area contributed by atoms with Gasteiger partial charge in [-0.3, -0.25) is 4.79 Å². The largest absolute Gasteiger partial charge is 0.444 e. The number of piperazine rings is 1. The first-order valence-corrected chi connectivity index (χ1v) is 10.0. The highest BCUT2D eigenvalue weighted by atomic mass is 35.5. The van der Waals surface area contributed by atoms with Gasteiger partial charge in [0.15, 0.2) is 0 Å². The van der Waals surface area contributed by atoms with Crippen LogP contribution in [0, 0.1) is 6.92 Å². The van der Waals surface area contributed by atoms with Gasteiger partial charge in [0, 0.05) is 50.9 Å². The number of hydrogen-bond acceptors (Lipinski definition) is 4. The maximum absolute atomic E-state index is 12.3. The van der Waals surface area contributed by atoms with Crippen molar-refractivity contribution in [3.63, 3.8) is 0 Å². The van der Waals surface area contributed by atoms with E-state index in [0.717, 1.165) is 16.8 Å². The maximum Gasteiger partial charge on any atom is 0.410 e. The molecular formula is C21H32ClN3O3. The molecule has 1 aliphatic rings. The van der Waals surface area contributed by atoms with Crippen LogP contribution in [0.2, 0.25) is 5.02 Å². The molecule has 0 N–H and O–H groups in total. The summed E-state index contributed by atoms with van der Waals surface area (Å²) in [5, 5.41) is 0.700. The van der Waals surface area contributed by atoms with Crippen LogP contribution in [0.25, 0.3) is 0 Å². The molecule has 6 nitrogen and oxygen atoms in total. The molecule has 1 aliphatic heterocycles. The van der Waals surface area contributed by atoms with Crippen LogP contribution >= 0.6 is 11.6 Å². The number of benzene rings is 1. The lowest BCUT2D eigenvalue weighted by molar-refractivity contribution is -0.129. The molecule has 0 aliphatic carbocycles. The highest BCUT2D eigenvalue weighted by molar-refractivity contribution is 6.31. The Morgan fingerprint density at radius 2 is 1.75 bits per heavy atom. The molecule has 1 unspecified atom stereocenters. The summed E-state index contributed by atoms with van der Waals surface area (Å²) >= 11 is 6.41. The summed E-state index contributed by atoms with van der Waals surface area (Å²) in [4.78, 5) is 29.9. The fourth-order valence-corrected chi connectivity index (χ4v) is 3.40. The Morgan fingerprint density at radius 3 is 2.25 bits per heavy atom. The number of rotatable bonds is 3. The van der Waals surface area contributed by atoms with Crippen LogP contribution in [-0.4, -0.2) is 60.6 Å². The number of nitrogens with zero attached hydrogens (tertiary/aromatic N) is 3. The van der Waals surface area contributed by atoms with Crippen LogP contribution in [0.15, 0.2) is 12.1 Å². The minimum Gasteiger partial charge on any atom is -0.444 e. The minimum atomic E-state index is -0.501. The van der Waals surface area contributed by atoms with Crippen LogP contribution in [0.5, 0.6) is 0 Å². The molecule has 0 spiro atoms. The van der Waals surface area contributed by atoms with Gasteiger partial charge in [-0.2, -0.15) is 0 Å². The summed E-state index contributed by atoms with van der Waals surface area (Å²) in [6.07, 6.45) is -0.279. The number of carbonyl (C=O) groups is 2. The monoisotopic (exact) mass is 409 g/mol. The zero-order valence-corrected chi connectivity index (χ0v) is 18.8. The van der Waals surface area contributed by atoms with Crippen LogP contribution in [0.4, 0.5) is 10.5 Å². The SMILES string of the molecule is CC(=O)N(C)C(C)c1cc(C)c(Cl)cc1N1CCN(C(=O)OC(C)(C)C)CC1. The minimum absolute atomic E-state index is 0.0146. The molecule has 1 fully saturated rings. The first-order valence-electron chi connectivity index (χ1n) is 9.67. The van der Waals surface area contributed by atoms with Crippen molar-refractivity contribution < 1.29 is 14.3 Å². The van der Waals surface area contributed by atoms with Crippen molar-refractivity contribution in [3.05, 3.63) is 28.3 Å². The molecule has 1 heterocycles. The third-order valence-corrected chi connectivity index (χ3v) is 5.51. The Kier molecular flexibility index (Phi) is 6.86. The topological polar surface area (TPSA) is 53.1 Å². The van der Waals surface area contributed by atoms with Gasteiger partial charge in [0.2, 0.25) is 5.91 Å². The van der Waals surface area contributed by atoms with Crippen molar-refractivity contribution >= 4 is 29.3 Å². The van der Waals surface area contributed by atoms with Gasteiger partial charge in [0.05, 0.1) is 6.04 Å². The lowest BCUT2D eigenvalue weighted by atomic mass is 10.0. The molecule has 28 heavy (non-hydrogen) atoms. The van der Waals surface area contributed by atoms with Gasteiger partial charge in [-0.05, 0) is 51.8 Å². The van der Waals surface area contributed by atoms with Crippen molar-refractivity contribution in [2.24, 2.45) is 0 Å². The van der Waals surface area contributed by atoms with Gasteiger partial charge in [-0.1, -0.05) is 17.7 Å². The molecule has 0 saturated carbocycles. The lowest BCUT2D eigenvalue weighted by Gasteiger charge is -2.39. The Morgan fingerprint density at radius 1 is 1.18 bits per heavy atom. The summed E-state index contributed by atoms with van der Waals surface area (Å²) in [5.74, 6) is 0.0146. The molecule has 0 radical (unpaired) electrons. The molecule has 2 rings (SSSR count). The van der Waals surface area contributed by atoms with E-state index in [4.69, 9.17) is 16.3 Å². The first kappa shape index (κ1) is 22.3. The van der Waals surface area contributed by atoms with Crippen LogP contribution in [-0.2, 0) is 9.53 Å². The van der Waals surface area contributed by atoms with E-state index in [2.05, 4.69) is 11.0 Å². The molecule has 1 aromatic rings. The average molecular weight is 410 g/mol. The van der Waals surface area contributed by atoms with Gasteiger partial charge in [0.25, 0.3) is 0 Å². The first-order chi connectivity index (χ1) is 12.9. The van der Waals surface area contributed by atoms with E-state index in [0.29, 0.717) is 31.2 Å². The standard InChI is InChI=1S/C21H32ClN3O3/c1-14-12-17(15(2)23(7)16(3)26)19(13-18(14)22)24-8-10-25(11-9-24)20(27)28-21(4,5)6/h12-13,15H,8-11H2,1-7H3. The quantitative estimate of drug-likeness (QED) is 0.749. The summed E-state index contributed by atoms with van der Waals surface area (Å²) in [7, 11) is 1.81. The van der Waals surface area contributed by atoms with E-state index >= 15 is 0 Å². The van der Waals surface area contributed by atoms with Gasteiger partial charge < -0.3 is 19.4 Å². The zero-order chi connectivity index (χ0) is 21.2. The highest BCUT2D eigenvalue weighted by Crippen LogP contribution is 2.35. The second-order valence-corrected chi connectivity index (χ2v) is 8.83. The third-order valence-electron chi connectivity index (χ3n) is 5.11. The van der Waals surface area contributed by atoms with Crippen molar-refractivity contribution in [2.45, 2.75) is 53.2 Å². The molecule has 0 bridgehead atoms. The predicted octanol–water partition coefficient (Wildman–Crippen LogP) is 4.24. The molecule has 1 saturated heterocycles. The summed E-state index contributed by atoms with van der Waals surface area (Å²) in [5.41, 5.74) is 2.56. The number of halogens is 1. The molecule has 156 valence electrons. The number of anilines is 1. The smallest absolute Gasteiger partial charge is 0.410 e. The van der Waals surface area contributed by atoms with E-state index in [1.54, 1.807) is 23.8 Å². The number of amides is 2. The van der Waals surface area contributed by atoms with Crippen LogP contribution < -0.4 is 4.90 Å². The van der Waals surface area contributed by atoms with E-state index in [1.165, 1.54) is 0 Å². The normalized spacial score (nSPS) is 16.0. The zero-order valence-electron chi connectivity index (χ0n) is 18.0. The van der Waals surface area contributed by atoms with Crippen LogP contribution in [0.3, 0.4) is 0 Å². The van der Waals surface area contributed by atoms with E-state index in [9.17, 15) is 9.59 Å². The Labute approximate surface area is 173 Å². The average Bonchev–Trinajstić information content (AvgIpc) is 2.61. The lowest BCUT2D eigenvalue weighted by Crippen LogP contribution is -2.50. The molecule has 1 aromatic carbocycles. The molecule has 7 heteroatoms. The van der Waals surface area contributed by atoms with Gasteiger partial charge in [-0.15, -0.1) is 0 Å². The Bertz CT molecular complexity index is 737. The van der Waals surface area contributed by atoms with Crippen molar-refractivity contribution in [3.8, 4) is 0 Å². The van der Waals surface area contributed by atoms with Crippen LogP contribution in [0.1, 0.15) is 51.8 Å². The van der Waals surface area contributed by atoms with E-state index < -0.39 is 5.60 Å². The summed E-state index contributed by atoms with van der Waals surface area (Å²) in [6.45, 7) is 13.7. The predicted molar refractivity (Wildman–Crippen MR) is 113 cm³/mol. The number of aryl methyl sites for hydroxylation is 1. The maximum atomic E-state index is 12.3. The molecule has 1 atom stereocenters. The van der Waals surface area contributed by atoms with Gasteiger partial charge in [0.1, 0.15) is 5.60 Å². The second-order valence-electron chi connectivity index (χ2n) is 8.42. The fourth-order valence-electron chi connectivity index (χ4n) is 3.24. The van der Waals surface area contributed by atoms with E-state index in [1.807, 2.05) is 40.7 Å². The van der Waals surface area contributed by atoms with Crippen molar-refractivity contribution in [1.29, 1.82) is 0 Å². The fraction of sp³-hybridized carbons (Fsp3) is 0.619. The second kappa shape index (κ2) is 8.60. The summed E-state index contributed by atoms with van der Waals surface area (Å²) in [6, 6.07) is 3.95. The van der Waals surface area contributed by atoms with Gasteiger partial charge in [-0.25, -0.2) is 4.79 Å². The van der Waals surface area contributed by atoms with Crippen molar-refractivity contribution in [2.75, 3.05) is 38.1 Å². The molecule has 0 aromatic heterocycles.